The number of rotatable bonds is 9. The zero-order valence-electron chi connectivity index (χ0n) is 20.2. The van der Waals surface area contributed by atoms with Gasteiger partial charge in [-0.15, -0.1) is 0 Å². The number of hydrogen-bond donors (Lipinski definition) is 2. The van der Waals surface area contributed by atoms with Crippen LogP contribution in [0.5, 0.6) is 0 Å². The number of carboxylic acid groups (broad SMARTS) is 1. The van der Waals surface area contributed by atoms with Gasteiger partial charge in [-0.3, -0.25) is 9.59 Å². The fourth-order valence-corrected chi connectivity index (χ4v) is 5.41. The Morgan fingerprint density at radius 3 is 2.26 bits per heavy atom. The molecule has 0 bridgehead atoms. The van der Waals surface area contributed by atoms with Gasteiger partial charge in [0, 0.05) is 32.0 Å². The Balaban J connectivity index is 1.33. The van der Waals surface area contributed by atoms with Crippen LogP contribution in [-0.2, 0) is 14.3 Å². The number of hydrogen-bond acceptors (Lipinski definition) is 4. The van der Waals surface area contributed by atoms with Gasteiger partial charge in [0.25, 0.3) is 0 Å². The van der Waals surface area contributed by atoms with E-state index in [0.717, 1.165) is 36.8 Å². The summed E-state index contributed by atoms with van der Waals surface area (Å²) in [5.74, 6) is -1.11. The molecule has 35 heavy (non-hydrogen) atoms. The van der Waals surface area contributed by atoms with E-state index in [2.05, 4.69) is 29.6 Å². The van der Waals surface area contributed by atoms with Gasteiger partial charge >= 0.3 is 12.1 Å². The summed E-state index contributed by atoms with van der Waals surface area (Å²) in [6.07, 6.45) is 4.19. The van der Waals surface area contributed by atoms with Gasteiger partial charge in [-0.1, -0.05) is 61.4 Å². The van der Waals surface area contributed by atoms with Gasteiger partial charge in [0.1, 0.15) is 6.61 Å². The molecule has 2 amide bonds. The molecule has 2 aliphatic rings. The number of carboxylic acids is 1. The predicted octanol–water partition coefficient (Wildman–Crippen LogP) is 4.80. The molecular weight excluding hydrogens is 444 g/mol. The number of nitrogens with zero attached hydrogens (tertiary/aromatic N) is 1. The van der Waals surface area contributed by atoms with Gasteiger partial charge in [0.05, 0.1) is 5.92 Å². The first-order chi connectivity index (χ1) is 17.0. The van der Waals surface area contributed by atoms with E-state index >= 15 is 0 Å². The highest BCUT2D eigenvalue weighted by atomic mass is 16.5. The number of carbonyl (C=O) groups is 3. The third kappa shape index (κ3) is 5.84. The third-order valence-electron chi connectivity index (χ3n) is 7.24. The second kappa shape index (κ2) is 11.4. The maximum atomic E-state index is 13.1. The molecule has 7 heteroatoms. The molecule has 0 radical (unpaired) electrons. The molecule has 0 saturated heterocycles. The molecule has 0 spiro atoms. The molecule has 2 atom stereocenters. The summed E-state index contributed by atoms with van der Waals surface area (Å²) in [5, 5.41) is 11.8. The van der Waals surface area contributed by atoms with Crippen molar-refractivity contribution in [3.05, 3.63) is 59.7 Å². The molecule has 4 rings (SSSR count). The normalized spacial score (nSPS) is 18.9. The minimum atomic E-state index is -0.821. The predicted molar refractivity (Wildman–Crippen MR) is 133 cm³/mol. The number of alkyl carbamates (subject to hydrolysis) is 1. The number of fused-ring (bicyclic) bond motifs is 3. The Kier molecular flexibility index (Phi) is 8.06. The van der Waals surface area contributed by atoms with Gasteiger partial charge < -0.3 is 20.1 Å². The van der Waals surface area contributed by atoms with E-state index in [4.69, 9.17) is 9.84 Å². The van der Waals surface area contributed by atoms with Crippen molar-refractivity contribution < 1.29 is 24.2 Å². The standard InChI is InChI=1S/C28H34N2O5/c1-30(17-9-8-16-26(31)32)27(33)23-14-6-7-15-25(23)29-28(34)35-18-24-21-12-4-2-10-19(21)20-11-3-5-13-22(20)24/h2-5,10-13,23-25H,6-9,14-18H2,1H3,(H,29,34)(H,31,32)/t23-,25+/m0/s1. The second-order valence-corrected chi connectivity index (χ2v) is 9.58. The van der Waals surface area contributed by atoms with Crippen molar-refractivity contribution in [1.29, 1.82) is 0 Å². The SMILES string of the molecule is CN(CCCCC(=O)O)C(=O)[C@H]1CCCC[C@H]1NC(=O)OCC1c2ccccc2-c2ccccc21. The van der Waals surface area contributed by atoms with Crippen LogP contribution in [0.15, 0.2) is 48.5 Å². The highest BCUT2D eigenvalue weighted by Crippen LogP contribution is 2.44. The van der Waals surface area contributed by atoms with Crippen LogP contribution in [0.25, 0.3) is 11.1 Å². The van der Waals surface area contributed by atoms with Crippen LogP contribution in [0.1, 0.15) is 62.0 Å². The summed E-state index contributed by atoms with van der Waals surface area (Å²) < 4.78 is 5.70. The molecule has 0 unspecified atom stereocenters. The van der Waals surface area contributed by atoms with E-state index in [-0.39, 0.29) is 36.8 Å². The summed E-state index contributed by atoms with van der Waals surface area (Å²) in [6, 6.07) is 16.2. The van der Waals surface area contributed by atoms with E-state index in [1.165, 1.54) is 11.1 Å². The Labute approximate surface area is 206 Å². The average Bonchev–Trinajstić information content (AvgIpc) is 3.19. The first-order valence-electron chi connectivity index (χ1n) is 12.5. The smallest absolute Gasteiger partial charge is 0.407 e. The van der Waals surface area contributed by atoms with Crippen LogP contribution in [0, 0.1) is 5.92 Å². The average molecular weight is 479 g/mol. The van der Waals surface area contributed by atoms with E-state index in [1.807, 2.05) is 24.3 Å². The van der Waals surface area contributed by atoms with Crippen LogP contribution in [-0.4, -0.2) is 54.2 Å². The minimum absolute atomic E-state index is 0.00368. The zero-order valence-corrected chi connectivity index (χ0v) is 20.2. The quantitative estimate of drug-likeness (QED) is 0.505. The van der Waals surface area contributed by atoms with Crippen molar-refractivity contribution in [2.24, 2.45) is 5.92 Å². The van der Waals surface area contributed by atoms with Crippen LogP contribution in [0.4, 0.5) is 4.79 Å². The largest absolute Gasteiger partial charge is 0.481 e. The lowest BCUT2D eigenvalue weighted by atomic mass is 9.83. The highest BCUT2D eigenvalue weighted by Gasteiger charge is 2.35. The van der Waals surface area contributed by atoms with Crippen molar-refractivity contribution >= 4 is 18.0 Å². The Morgan fingerprint density at radius 2 is 1.60 bits per heavy atom. The van der Waals surface area contributed by atoms with Gasteiger partial charge in [-0.05, 0) is 47.9 Å². The van der Waals surface area contributed by atoms with E-state index in [1.54, 1.807) is 11.9 Å². The topological polar surface area (TPSA) is 95.9 Å². The summed E-state index contributed by atoms with van der Waals surface area (Å²) >= 11 is 0. The van der Waals surface area contributed by atoms with E-state index in [0.29, 0.717) is 19.4 Å². The lowest BCUT2D eigenvalue weighted by molar-refractivity contribution is -0.137. The lowest BCUT2D eigenvalue weighted by Gasteiger charge is -2.33. The number of benzene rings is 2. The number of ether oxygens (including phenoxy) is 1. The first kappa shape index (κ1) is 24.8. The minimum Gasteiger partial charge on any atom is -0.481 e. The number of nitrogens with one attached hydrogen (secondary N) is 1. The number of carbonyl (C=O) groups excluding carboxylic acids is 2. The van der Waals surface area contributed by atoms with Crippen LogP contribution >= 0.6 is 0 Å². The van der Waals surface area contributed by atoms with Crippen molar-refractivity contribution in [3.63, 3.8) is 0 Å². The second-order valence-electron chi connectivity index (χ2n) is 9.58. The fourth-order valence-electron chi connectivity index (χ4n) is 5.41. The third-order valence-corrected chi connectivity index (χ3v) is 7.24. The molecule has 7 nitrogen and oxygen atoms in total. The molecule has 1 fully saturated rings. The number of aliphatic carboxylic acids is 1. The summed E-state index contributed by atoms with van der Waals surface area (Å²) in [5.41, 5.74) is 4.69. The summed E-state index contributed by atoms with van der Waals surface area (Å²) in [7, 11) is 1.75. The monoisotopic (exact) mass is 478 g/mol. The maximum absolute atomic E-state index is 13.1. The van der Waals surface area contributed by atoms with Crippen molar-refractivity contribution in [1.82, 2.24) is 10.2 Å². The Hall–Kier alpha value is -3.35. The van der Waals surface area contributed by atoms with Crippen LogP contribution in [0.3, 0.4) is 0 Å². The van der Waals surface area contributed by atoms with Gasteiger partial charge in [-0.25, -0.2) is 4.79 Å². The molecule has 186 valence electrons. The van der Waals surface area contributed by atoms with Crippen molar-refractivity contribution in [2.75, 3.05) is 20.2 Å². The van der Waals surface area contributed by atoms with E-state index < -0.39 is 12.1 Å². The van der Waals surface area contributed by atoms with Gasteiger partial charge in [0.2, 0.25) is 5.91 Å². The highest BCUT2D eigenvalue weighted by molar-refractivity contribution is 5.81. The fraction of sp³-hybridized carbons (Fsp3) is 0.464. The number of amides is 2. The molecule has 2 N–H and O–H groups in total. The lowest BCUT2D eigenvalue weighted by Crippen LogP contribution is -2.49. The molecule has 2 aromatic carbocycles. The Morgan fingerprint density at radius 1 is 0.971 bits per heavy atom. The first-order valence-corrected chi connectivity index (χ1v) is 12.5. The maximum Gasteiger partial charge on any atom is 0.407 e. The van der Waals surface area contributed by atoms with Gasteiger partial charge in [-0.2, -0.15) is 0 Å². The summed E-state index contributed by atoms with van der Waals surface area (Å²) in [4.78, 5) is 38.2. The molecule has 2 aromatic rings. The van der Waals surface area contributed by atoms with Crippen molar-refractivity contribution in [3.8, 4) is 11.1 Å². The zero-order chi connectivity index (χ0) is 24.8. The molecule has 0 aliphatic heterocycles. The molecular formula is C28H34N2O5. The molecule has 1 saturated carbocycles. The van der Waals surface area contributed by atoms with E-state index in [9.17, 15) is 14.4 Å². The van der Waals surface area contributed by atoms with Gasteiger partial charge in [0.15, 0.2) is 0 Å². The summed E-state index contributed by atoms with van der Waals surface area (Å²) in [6.45, 7) is 0.759. The molecule has 0 aromatic heterocycles. The molecule has 2 aliphatic carbocycles. The van der Waals surface area contributed by atoms with Crippen molar-refractivity contribution in [2.45, 2.75) is 56.9 Å². The number of unbranched alkanes of at least 4 members (excludes halogenated alkanes) is 1. The molecule has 0 heterocycles. The van der Waals surface area contributed by atoms with Crippen LogP contribution in [0.2, 0.25) is 0 Å². The Bertz CT molecular complexity index is 1020. The van der Waals surface area contributed by atoms with Crippen LogP contribution < -0.4 is 5.32 Å².